The fourth-order valence-electron chi connectivity index (χ4n) is 4.25. The molecule has 156 valence electrons. The third-order valence-corrected chi connectivity index (χ3v) is 5.77. The molecule has 2 heterocycles. The van der Waals surface area contributed by atoms with Gasteiger partial charge in [0.15, 0.2) is 0 Å². The molecular weight excluding hydrogens is 370 g/mol. The first-order chi connectivity index (χ1) is 14.0. The Balaban J connectivity index is 1.48. The maximum Gasteiger partial charge on any atom is 0.338 e. The van der Waals surface area contributed by atoms with Gasteiger partial charge in [-0.15, -0.1) is 0 Å². The third kappa shape index (κ3) is 4.58. The van der Waals surface area contributed by atoms with Crippen LogP contribution in [0.3, 0.4) is 0 Å². The summed E-state index contributed by atoms with van der Waals surface area (Å²) in [4.78, 5) is 36.8. The number of amides is 2. The van der Waals surface area contributed by atoms with Gasteiger partial charge in [0.1, 0.15) is 0 Å². The lowest BCUT2D eigenvalue weighted by molar-refractivity contribution is -0.215. The van der Waals surface area contributed by atoms with E-state index >= 15 is 0 Å². The van der Waals surface area contributed by atoms with Gasteiger partial charge in [-0.05, 0) is 49.9 Å². The van der Waals surface area contributed by atoms with Gasteiger partial charge >= 0.3 is 5.97 Å². The number of hydrogen-bond donors (Lipinski definition) is 0. The molecule has 2 amide bonds. The number of nitrogens with zero attached hydrogens (tertiary/aromatic N) is 1. The number of hydrogen-bond acceptors (Lipinski definition) is 5. The van der Waals surface area contributed by atoms with Crippen LogP contribution in [-0.2, 0) is 19.1 Å². The maximum absolute atomic E-state index is 12.3. The monoisotopic (exact) mass is 399 g/mol. The fraction of sp³-hybridized carbons (Fsp3) is 0.522. The molecule has 2 aliphatic heterocycles. The van der Waals surface area contributed by atoms with Crippen molar-refractivity contribution in [2.75, 3.05) is 18.1 Å². The zero-order chi connectivity index (χ0) is 20.9. The third-order valence-electron chi connectivity index (χ3n) is 5.77. The molecule has 0 spiro atoms. The minimum absolute atomic E-state index is 0.0400. The molecular formula is C23H29NO5. The maximum atomic E-state index is 12.3. The van der Waals surface area contributed by atoms with Crippen molar-refractivity contribution < 1.29 is 23.9 Å². The quantitative estimate of drug-likeness (QED) is 0.337. The molecule has 2 aliphatic rings. The van der Waals surface area contributed by atoms with Crippen LogP contribution in [0.25, 0.3) is 0 Å². The Morgan fingerprint density at radius 3 is 2.34 bits per heavy atom. The van der Waals surface area contributed by atoms with Crippen molar-refractivity contribution in [2.24, 2.45) is 5.92 Å². The number of esters is 1. The predicted octanol–water partition coefficient (Wildman–Crippen LogP) is 4.04. The van der Waals surface area contributed by atoms with Crippen LogP contribution in [0.1, 0.15) is 62.7 Å². The molecule has 0 saturated carbocycles. The summed E-state index contributed by atoms with van der Waals surface area (Å²) in [5.74, 6) is -0.559. The minimum Gasteiger partial charge on any atom is -0.462 e. The lowest BCUT2D eigenvalue weighted by Crippen LogP contribution is -2.53. The molecule has 1 aromatic rings. The van der Waals surface area contributed by atoms with Crippen molar-refractivity contribution in [2.45, 2.75) is 58.0 Å². The topological polar surface area (TPSA) is 72.9 Å². The molecule has 0 radical (unpaired) electrons. The van der Waals surface area contributed by atoms with Crippen LogP contribution in [0.5, 0.6) is 0 Å². The van der Waals surface area contributed by atoms with Crippen molar-refractivity contribution in [1.29, 1.82) is 0 Å². The molecule has 0 aromatic heterocycles. The molecule has 0 N–H and O–H groups in total. The Labute approximate surface area is 171 Å². The second kappa shape index (κ2) is 9.35. The second-order valence-electron chi connectivity index (χ2n) is 7.74. The number of imide groups is 1. The highest BCUT2D eigenvalue weighted by atomic mass is 16.5. The fourth-order valence-corrected chi connectivity index (χ4v) is 4.25. The van der Waals surface area contributed by atoms with E-state index in [0.717, 1.165) is 43.6 Å². The van der Waals surface area contributed by atoms with E-state index in [4.69, 9.17) is 9.47 Å². The van der Waals surface area contributed by atoms with Crippen molar-refractivity contribution in [3.05, 3.63) is 42.0 Å². The van der Waals surface area contributed by atoms with Crippen LogP contribution < -0.4 is 4.90 Å². The smallest absolute Gasteiger partial charge is 0.338 e. The number of ether oxygens (including phenoxy) is 2. The Morgan fingerprint density at radius 2 is 1.79 bits per heavy atom. The number of carbonyl (C=O) groups is 3. The van der Waals surface area contributed by atoms with Gasteiger partial charge in [-0.3, -0.25) is 9.59 Å². The first kappa shape index (κ1) is 21.2. The number of rotatable bonds is 10. The number of anilines is 1. The Bertz CT molecular complexity index is 767. The summed E-state index contributed by atoms with van der Waals surface area (Å²) in [6.07, 6.45) is 8.62. The van der Waals surface area contributed by atoms with Gasteiger partial charge in [0.25, 0.3) is 11.8 Å². The first-order valence-electron chi connectivity index (χ1n) is 10.5. The van der Waals surface area contributed by atoms with Crippen molar-refractivity contribution in [3.8, 4) is 0 Å². The van der Waals surface area contributed by atoms with E-state index in [9.17, 15) is 14.4 Å². The summed E-state index contributed by atoms with van der Waals surface area (Å²) in [6, 6.07) is 6.29. The van der Waals surface area contributed by atoms with Gasteiger partial charge in [0.05, 0.1) is 30.1 Å². The Hall–Kier alpha value is -2.47. The van der Waals surface area contributed by atoms with Crippen LogP contribution in [0.2, 0.25) is 0 Å². The summed E-state index contributed by atoms with van der Waals surface area (Å²) in [6.45, 7) is 5.57. The lowest BCUT2D eigenvalue weighted by atomic mass is 9.74. The van der Waals surface area contributed by atoms with Crippen LogP contribution in [0.4, 0.5) is 5.69 Å². The highest BCUT2D eigenvalue weighted by Gasteiger charge is 2.46. The van der Waals surface area contributed by atoms with Gasteiger partial charge < -0.3 is 9.47 Å². The molecule has 6 nitrogen and oxygen atoms in total. The van der Waals surface area contributed by atoms with E-state index in [1.807, 2.05) is 0 Å². The predicted molar refractivity (Wildman–Crippen MR) is 110 cm³/mol. The highest BCUT2D eigenvalue weighted by Crippen LogP contribution is 2.43. The van der Waals surface area contributed by atoms with Gasteiger partial charge in [-0.2, -0.15) is 0 Å². The van der Waals surface area contributed by atoms with E-state index in [1.165, 1.54) is 18.6 Å². The zero-order valence-electron chi connectivity index (χ0n) is 17.2. The summed E-state index contributed by atoms with van der Waals surface area (Å²) in [5, 5.41) is 0. The van der Waals surface area contributed by atoms with E-state index in [2.05, 4.69) is 13.8 Å². The van der Waals surface area contributed by atoms with Gasteiger partial charge in [0.2, 0.25) is 0 Å². The average Bonchev–Trinajstić information content (AvgIpc) is 3.05. The molecule has 29 heavy (non-hydrogen) atoms. The van der Waals surface area contributed by atoms with Crippen LogP contribution in [0, 0.1) is 5.92 Å². The van der Waals surface area contributed by atoms with Crippen molar-refractivity contribution in [1.82, 2.24) is 0 Å². The summed E-state index contributed by atoms with van der Waals surface area (Å²) in [7, 11) is 0. The van der Waals surface area contributed by atoms with Crippen LogP contribution >= 0.6 is 0 Å². The normalized spacial score (nSPS) is 23.4. The summed E-state index contributed by atoms with van der Waals surface area (Å²) < 4.78 is 11.4. The zero-order valence-corrected chi connectivity index (χ0v) is 17.2. The number of benzene rings is 1. The second-order valence-corrected chi connectivity index (χ2v) is 7.74. The molecule has 1 aromatic carbocycles. The molecule has 2 atom stereocenters. The van der Waals surface area contributed by atoms with E-state index in [-0.39, 0.29) is 17.4 Å². The molecule has 3 rings (SSSR count). The van der Waals surface area contributed by atoms with Gasteiger partial charge in [0, 0.05) is 18.1 Å². The molecule has 1 saturated heterocycles. The molecule has 0 bridgehead atoms. The SMILES string of the molecule is CCCC1COC1(CCC)CCCOC(=O)c1ccc(N2C(=O)C=CC2=O)cc1. The summed E-state index contributed by atoms with van der Waals surface area (Å²) >= 11 is 0. The standard InChI is InChI=1S/C23H29NO5/c1-3-6-18-16-29-23(18,13-4-2)14-5-15-28-22(27)17-7-9-19(10-8-17)24-20(25)11-12-21(24)26/h7-12,18H,3-6,13-16H2,1-2H3. The molecule has 2 unspecified atom stereocenters. The largest absolute Gasteiger partial charge is 0.462 e. The van der Waals surface area contributed by atoms with E-state index in [1.54, 1.807) is 24.3 Å². The van der Waals surface area contributed by atoms with Crippen molar-refractivity contribution >= 4 is 23.5 Å². The lowest BCUT2D eigenvalue weighted by Gasteiger charge is -2.50. The molecule has 0 aliphatic carbocycles. The summed E-state index contributed by atoms with van der Waals surface area (Å²) in [5.41, 5.74) is 0.793. The molecule has 6 heteroatoms. The molecule has 1 fully saturated rings. The van der Waals surface area contributed by atoms with Crippen LogP contribution in [0.15, 0.2) is 36.4 Å². The Kier molecular flexibility index (Phi) is 6.85. The van der Waals surface area contributed by atoms with E-state index in [0.29, 0.717) is 23.8 Å². The van der Waals surface area contributed by atoms with Crippen LogP contribution in [-0.4, -0.2) is 36.6 Å². The highest BCUT2D eigenvalue weighted by molar-refractivity contribution is 6.28. The van der Waals surface area contributed by atoms with Crippen molar-refractivity contribution in [3.63, 3.8) is 0 Å². The Morgan fingerprint density at radius 1 is 1.10 bits per heavy atom. The van der Waals surface area contributed by atoms with Gasteiger partial charge in [-0.25, -0.2) is 9.69 Å². The first-order valence-corrected chi connectivity index (χ1v) is 10.5. The average molecular weight is 399 g/mol. The minimum atomic E-state index is -0.405. The number of carbonyl (C=O) groups excluding carboxylic acids is 3. The van der Waals surface area contributed by atoms with Gasteiger partial charge in [-0.1, -0.05) is 26.7 Å². The van der Waals surface area contributed by atoms with E-state index < -0.39 is 5.97 Å².